The van der Waals surface area contributed by atoms with Crippen LogP contribution in [-0.4, -0.2) is 26.1 Å². The molecular weight excluding hydrogens is 228 g/mol. The van der Waals surface area contributed by atoms with Crippen LogP contribution in [0.4, 0.5) is 0 Å². The molecule has 0 radical (unpaired) electrons. The highest BCUT2D eigenvalue weighted by Gasteiger charge is 2.36. The maximum absolute atomic E-state index is 9.63. The van der Waals surface area contributed by atoms with Crippen LogP contribution in [0, 0.1) is 5.92 Å². The summed E-state index contributed by atoms with van der Waals surface area (Å²) in [7, 11) is -1.63. The third-order valence-corrected chi connectivity index (χ3v) is 8.39. The highest BCUT2D eigenvalue weighted by Crippen LogP contribution is 2.36. The van der Waals surface area contributed by atoms with Crippen LogP contribution in [0.2, 0.25) is 18.1 Å². The van der Waals surface area contributed by atoms with Gasteiger partial charge in [0.25, 0.3) is 0 Å². The van der Waals surface area contributed by atoms with E-state index in [1.54, 1.807) is 0 Å². The first-order valence-electron chi connectivity index (χ1n) is 6.39. The predicted molar refractivity (Wildman–Crippen MR) is 75.5 cm³/mol. The molecule has 0 aromatic heterocycles. The second-order valence-corrected chi connectivity index (χ2v) is 11.1. The van der Waals surface area contributed by atoms with E-state index in [4.69, 9.17) is 4.43 Å². The molecule has 0 fully saturated rings. The second-order valence-electron chi connectivity index (χ2n) is 6.31. The Balaban J connectivity index is 2.37. The first-order chi connectivity index (χ1) is 7.74. The molecule has 17 heavy (non-hydrogen) atoms. The summed E-state index contributed by atoms with van der Waals surface area (Å²) < 4.78 is 6.04. The molecule has 2 atom stereocenters. The second kappa shape index (κ2) is 5.51. The maximum Gasteiger partial charge on any atom is 0.192 e. The highest BCUT2D eigenvalue weighted by atomic mass is 28.4. The minimum atomic E-state index is -1.63. The van der Waals surface area contributed by atoms with E-state index in [-0.39, 0.29) is 17.1 Å². The molecular formula is C14H26O2Si. The topological polar surface area (TPSA) is 29.5 Å². The highest BCUT2D eigenvalue weighted by molar-refractivity contribution is 6.74. The van der Waals surface area contributed by atoms with Crippen molar-refractivity contribution in [3.05, 3.63) is 24.3 Å². The van der Waals surface area contributed by atoms with E-state index in [0.717, 1.165) is 6.42 Å². The number of hydrogen-bond acceptors (Lipinski definition) is 2. The standard InChI is InChI=1S/C14H26O2Si/c1-14(2,3)17(4,5)16-11-7-9-12-8-6-10-13(12)15/h6-9,12-13,15H,10-11H2,1-5H3/b9-7+/t12-,13+/m1/s1. The molecule has 0 aliphatic heterocycles. The van der Waals surface area contributed by atoms with E-state index >= 15 is 0 Å². The monoisotopic (exact) mass is 254 g/mol. The van der Waals surface area contributed by atoms with Crippen LogP contribution in [0.5, 0.6) is 0 Å². The molecule has 0 amide bonds. The summed E-state index contributed by atoms with van der Waals surface area (Å²) in [5.41, 5.74) is 0. The van der Waals surface area contributed by atoms with Gasteiger partial charge in [0.15, 0.2) is 8.32 Å². The first kappa shape index (κ1) is 14.7. The molecule has 2 nitrogen and oxygen atoms in total. The van der Waals surface area contributed by atoms with Gasteiger partial charge >= 0.3 is 0 Å². The fourth-order valence-electron chi connectivity index (χ4n) is 1.54. The van der Waals surface area contributed by atoms with Crippen molar-refractivity contribution in [2.45, 2.75) is 51.4 Å². The van der Waals surface area contributed by atoms with Crippen LogP contribution in [0.15, 0.2) is 24.3 Å². The Morgan fingerprint density at radius 3 is 2.53 bits per heavy atom. The normalized spacial score (nSPS) is 26.0. The Hall–Kier alpha value is -0.383. The van der Waals surface area contributed by atoms with Gasteiger partial charge in [0.2, 0.25) is 0 Å². The molecule has 0 heterocycles. The van der Waals surface area contributed by atoms with Crippen molar-refractivity contribution in [3.63, 3.8) is 0 Å². The van der Waals surface area contributed by atoms with Crippen LogP contribution in [-0.2, 0) is 4.43 Å². The summed E-state index contributed by atoms with van der Waals surface area (Å²) >= 11 is 0. The minimum Gasteiger partial charge on any atom is -0.413 e. The zero-order valence-electron chi connectivity index (χ0n) is 11.7. The van der Waals surface area contributed by atoms with Crippen molar-refractivity contribution >= 4 is 8.32 Å². The number of rotatable bonds is 4. The summed E-state index contributed by atoms with van der Waals surface area (Å²) in [4.78, 5) is 0. The van der Waals surface area contributed by atoms with E-state index in [0.29, 0.717) is 6.61 Å². The molecule has 0 spiro atoms. The number of hydrogen-bond donors (Lipinski definition) is 1. The fraction of sp³-hybridized carbons (Fsp3) is 0.714. The summed E-state index contributed by atoms with van der Waals surface area (Å²) in [6.07, 6.45) is 8.74. The fourth-order valence-corrected chi connectivity index (χ4v) is 2.48. The van der Waals surface area contributed by atoms with E-state index in [2.05, 4.69) is 46.0 Å². The summed E-state index contributed by atoms with van der Waals surface area (Å²) in [5, 5.41) is 9.89. The lowest BCUT2D eigenvalue weighted by atomic mass is 10.1. The molecule has 0 unspecified atom stereocenters. The molecule has 0 saturated heterocycles. The van der Waals surface area contributed by atoms with Gasteiger partial charge in [-0.25, -0.2) is 0 Å². The quantitative estimate of drug-likeness (QED) is 0.614. The van der Waals surface area contributed by atoms with E-state index in [1.807, 2.05) is 12.2 Å². The van der Waals surface area contributed by atoms with Gasteiger partial charge in [0.05, 0.1) is 12.7 Å². The SMILES string of the molecule is CC(C)(C)[Si](C)(C)OC/C=C/[C@H]1C=CC[C@@H]1O. The Labute approximate surface area is 107 Å². The van der Waals surface area contributed by atoms with Crippen LogP contribution in [0.3, 0.4) is 0 Å². The van der Waals surface area contributed by atoms with Gasteiger partial charge in [0, 0.05) is 5.92 Å². The van der Waals surface area contributed by atoms with Gasteiger partial charge in [-0.2, -0.15) is 0 Å². The molecule has 1 aliphatic rings. The third-order valence-electron chi connectivity index (χ3n) is 3.89. The van der Waals surface area contributed by atoms with Gasteiger partial charge in [-0.15, -0.1) is 0 Å². The summed E-state index contributed by atoms with van der Waals surface area (Å²) in [5.74, 6) is 0.179. The minimum absolute atomic E-state index is 0.179. The van der Waals surface area contributed by atoms with Crippen molar-refractivity contribution in [2.24, 2.45) is 5.92 Å². The summed E-state index contributed by atoms with van der Waals surface area (Å²) in [6, 6.07) is 0. The lowest BCUT2D eigenvalue weighted by molar-refractivity contribution is 0.161. The maximum atomic E-state index is 9.63. The molecule has 1 aliphatic carbocycles. The molecule has 98 valence electrons. The Morgan fingerprint density at radius 1 is 1.41 bits per heavy atom. The number of aliphatic hydroxyl groups excluding tert-OH is 1. The van der Waals surface area contributed by atoms with Crippen molar-refractivity contribution in [1.82, 2.24) is 0 Å². The zero-order valence-corrected chi connectivity index (χ0v) is 12.7. The van der Waals surface area contributed by atoms with E-state index in [9.17, 15) is 5.11 Å². The van der Waals surface area contributed by atoms with Gasteiger partial charge in [-0.1, -0.05) is 45.1 Å². The lowest BCUT2D eigenvalue weighted by Gasteiger charge is -2.35. The zero-order chi connectivity index (χ0) is 13.1. The first-order valence-corrected chi connectivity index (χ1v) is 9.30. The smallest absolute Gasteiger partial charge is 0.192 e. The average molecular weight is 254 g/mol. The molecule has 0 aromatic carbocycles. The molecule has 1 rings (SSSR count). The van der Waals surface area contributed by atoms with E-state index < -0.39 is 8.32 Å². The summed E-state index contributed by atoms with van der Waals surface area (Å²) in [6.45, 7) is 11.9. The van der Waals surface area contributed by atoms with Crippen LogP contribution >= 0.6 is 0 Å². The third kappa shape index (κ3) is 4.09. The Kier molecular flexibility index (Phi) is 4.75. The van der Waals surface area contributed by atoms with Crippen LogP contribution in [0.25, 0.3) is 0 Å². The predicted octanol–water partition coefficient (Wildman–Crippen LogP) is 3.50. The van der Waals surface area contributed by atoms with Crippen molar-refractivity contribution in [3.8, 4) is 0 Å². The van der Waals surface area contributed by atoms with Gasteiger partial charge in [0.1, 0.15) is 0 Å². The van der Waals surface area contributed by atoms with Crippen LogP contribution in [0.1, 0.15) is 27.2 Å². The van der Waals surface area contributed by atoms with Gasteiger partial charge in [-0.05, 0) is 24.6 Å². The van der Waals surface area contributed by atoms with E-state index in [1.165, 1.54) is 0 Å². The van der Waals surface area contributed by atoms with Crippen molar-refractivity contribution < 1.29 is 9.53 Å². The largest absolute Gasteiger partial charge is 0.413 e. The van der Waals surface area contributed by atoms with Crippen molar-refractivity contribution in [1.29, 1.82) is 0 Å². The van der Waals surface area contributed by atoms with Gasteiger partial charge in [-0.3, -0.25) is 0 Å². The Bertz CT molecular complexity index is 300. The Morgan fingerprint density at radius 2 is 2.06 bits per heavy atom. The average Bonchev–Trinajstić information content (AvgIpc) is 2.57. The lowest BCUT2D eigenvalue weighted by Crippen LogP contribution is -2.40. The molecule has 0 bridgehead atoms. The molecule has 0 aromatic rings. The van der Waals surface area contributed by atoms with Crippen molar-refractivity contribution in [2.75, 3.05) is 6.61 Å². The van der Waals surface area contributed by atoms with Crippen LogP contribution < -0.4 is 0 Å². The molecule has 0 saturated carbocycles. The molecule has 1 N–H and O–H groups in total. The number of aliphatic hydroxyl groups is 1. The molecule has 3 heteroatoms. The van der Waals surface area contributed by atoms with Gasteiger partial charge < -0.3 is 9.53 Å².